The summed E-state index contributed by atoms with van der Waals surface area (Å²) < 4.78 is 24.1. The zero-order chi connectivity index (χ0) is 18.5. The smallest absolute Gasteiger partial charge is 0.195 e. The molecule has 0 amide bonds. The summed E-state index contributed by atoms with van der Waals surface area (Å²) in [6.07, 6.45) is 4.04. The van der Waals surface area contributed by atoms with Crippen molar-refractivity contribution < 1.29 is 18.3 Å². The Bertz CT molecular complexity index is 942. The number of aryl methyl sites for hydroxylation is 1. The molecule has 0 radical (unpaired) electrons. The van der Waals surface area contributed by atoms with Crippen LogP contribution in [0, 0.1) is 5.82 Å². The molecule has 2 aromatic heterocycles. The van der Waals surface area contributed by atoms with Crippen LogP contribution in [0.3, 0.4) is 0 Å². The zero-order valence-electron chi connectivity index (χ0n) is 14.0. The average molecular weight is 391 g/mol. The Hall–Kier alpha value is -2.37. The van der Waals surface area contributed by atoms with Gasteiger partial charge in [0.05, 0.1) is 9.90 Å². The number of carbonyl (C=O) groups excluding carboxylic acids is 1. The number of allylic oxidation sites excluding steroid dienone is 1. The fourth-order valence-electron chi connectivity index (χ4n) is 2.24. The van der Waals surface area contributed by atoms with Crippen LogP contribution in [0.5, 0.6) is 5.75 Å². The molecule has 0 bridgehead atoms. The number of ketones is 1. The largest absolute Gasteiger partial charge is 0.484 e. The highest BCUT2D eigenvalue weighted by atomic mass is 35.5. The van der Waals surface area contributed by atoms with E-state index >= 15 is 0 Å². The second kappa shape index (κ2) is 8.34. The number of hydrogen-bond acceptors (Lipinski definition) is 4. The molecule has 2 heterocycles. The molecule has 3 nitrogen and oxygen atoms in total. The summed E-state index contributed by atoms with van der Waals surface area (Å²) in [5.41, 5.74) is 0. The first-order chi connectivity index (χ1) is 12.5. The van der Waals surface area contributed by atoms with Gasteiger partial charge in [-0.3, -0.25) is 4.79 Å². The number of furan rings is 1. The average Bonchev–Trinajstić information content (AvgIpc) is 3.28. The Morgan fingerprint density at radius 2 is 2.12 bits per heavy atom. The molecule has 1 aromatic carbocycles. The molecule has 3 rings (SSSR count). The molecule has 3 aromatic rings. The van der Waals surface area contributed by atoms with E-state index in [1.807, 2.05) is 12.1 Å². The first kappa shape index (κ1) is 18.4. The minimum atomic E-state index is -0.422. The molecule has 0 unspecified atom stereocenters. The Balaban J connectivity index is 1.59. The van der Waals surface area contributed by atoms with Crippen LogP contribution in [0.2, 0.25) is 5.02 Å². The van der Waals surface area contributed by atoms with Crippen LogP contribution in [0.1, 0.15) is 33.0 Å². The molecule has 0 spiro atoms. The van der Waals surface area contributed by atoms with Gasteiger partial charge in [0, 0.05) is 4.88 Å². The lowest BCUT2D eigenvalue weighted by atomic mass is 10.2. The molecule has 0 saturated carbocycles. The molecule has 0 saturated heterocycles. The molecule has 0 aliphatic carbocycles. The molecule has 0 atom stereocenters. The third-order valence-electron chi connectivity index (χ3n) is 3.60. The van der Waals surface area contributed by atoms with Crippen molar-refractivity contribution in [2.24, 2.45) is 0 Å². The van der Waals surface area contributed by atoms with Crippen molar-refractivity contribution in [3.8, 4) is 5.75 Å². The van der Waals surface area contributed by atoms with Crippen molar-refractivity contribution in [1.82, 2.24) is 0 Å². The summed E-state index contributed by atoms with van der Waals surface area (Å²) >= 11 is 7.41. The number of benzene rings is 1. The second-order valence-electron chi connectivity index (χ2n) is 5.48. The Kier molecular flexibility index (Phi) is 5.91. The summed E-state index contributed by atoms with van der Waals surface area (Å²) in [6.45, 7) is 2.21. The van der Waals surface area contributed by atoms with Crippen LogP contribution in [0.4, 0.5) is 4.39 Å². The minimum Gasteiger partial charge on any atom is -0.484 e. The third kappa shape index (κ3) is 4.62. The SMILES string of the molecule is CCc1ccc(C(=O)/C=C/c2ccc(COc3ccc(F)cc3Cl)o2)s1. The molecule has 0 N–H and O–H groups in total. The topological polar surface area (TPSA) is 39.4 Å². The molecular formula is C20H16ClFO3S. The first-order valence-corrected chi connectivity index (χ1v) is 9.22. The van der Waals surface area contributed by atoms with Crippen LogP contribution >= 0.6 is 22.9 Å². The van der Waals surface area contributed by atoms with Crippen LogP contribution in [-0.4, -0.2) is 5.78 Å². The number of hydrogen-bond donors (Lipinski definition) is 0. The van der Waals surface area contributed by atoms with Gasteiger partial charge in [0.2, 0.25) is 0 Å². The molecular weight excluding hydrogens is 375 g/mol. The van der Waals surface area contributed by atoms with Crippen molar-refractivity contribution >= 4 is 34.8 Å². The van der Waals surface area contributed by atoms with Gasteiger partial charge in [-0.2, -0.15) is 0 Å². The lowest BCUT2D eigenvalue weighted by Gasteiger charge is -2.05. The highest BCUT2D eigenvalue weighted by Gasteiger charge is 2.08. The fourth-order valence-corrected chi connectivity index (χ4v) is 3.33. The number of halogens is 2. The molecule has 6 heteroatoms. The minimum absolute atomic E-state index is 0.0537. The van der Waals surface area contributed by atoms with E-state index in [0.29, 0.717) is 22.1 Å². The first-order valence-electron chi connectivity index (χ1n) is 8.03. The number of rotatable bonds is 7. The maximum Gasteiger partial charge on any atom is 0.195 e. The summed E-state index contributed by atoms with van der Waals surface area (Å²) in [7, 11) is 0. The van der Waals surface area contributed by atoms with Crippen LogP contribution < -0.4 is 4.74 Å². The van der Waals surface area contributed by atoms with Gasteiger partial charge in [-0.15, -0.1) is 11.3 Å². The molecule has 0 aliphatic rings. The second-order valence-corrected chi connectivity index (χ2v) is 7.06. The van der Waals surface area contributed by atoms with E-state index in [1.54, 1.807) is 18.2 Å². The Morgan fingerprint density at radius 3 is 2.85 bits per heavy atom. The monoisotopic (exact) mass is 390 g/mol. The summed E-state index contributed by atoms with van der Waals surface area (Å²) in [5.74, 6) is 1.02. The van der Waals surface area contributed by atoms with Gasteiger partial charge >= 0.3 is 0 Å². The number of carbonyl (C=O) groups is 1. The van der Waals surface area contributed by atoms with Crippen molar-refractivity contribution in [3.63, 3.8) is 0 Å². The zero-order valence-corrected chi connectivity index (χ0v) is 15.6. The van der Waals surface area contributed by atoms with E-state index in [9.17, 15) is 9.18 Å². The fraction of sp³-hybridized carbons (Fsp3) is 0.150. The van der Waals surface area contributed by atoms with E-state index < -0.39 is 5.82 Å². The van der Waals surface area contributed by atoms with Gasteiger partial charge in [-0.05, 0) is 61.0 Å². The third-order valence-corrected chi connectivity index (χ3v) is 5.14. The lowest BCUT2D eigenvalue weighted by Crippen LogP contribution is -1.94. The van der Waals surface area contributed by atoms with Gasteiger partial charge in [0.25, 0.3) is 0 Å². The van der Waals surface area contributed by atoms with E-state index in [1.165, 1.54) is 40.5 Å². The van der Waals surface area contributed by atoms with Crippen molar-refractivity contribution in [3.05, 3.63) is 80.7 Å². The predicted octanol–water partition coefficient (Wildman–Crippen LogP) is 6.17. The molecule has 26 heavy (non-hydrogen) atoms. The van der Waals surface area contributed by atoms with Gasteiger partial charge in [-0.1, -0.05) is 18.5 Å². The number of thiophene rings is 1. The van der Waals surface area contributed by atoms with E-state index in [2.05, 4.69) is 6.92 Å². The van der Waals surface area contributed by atoms with Gasteiger partial charge < -0.3 is 9.15 Å². The van der Waals surface area contributed by atoms with E-state index in [4.69, 9.17) is 20.8 Å². The van der Waals surface area contributed by atoms with Gasteiger partial charge in [0.15, 0.2) is 5.78 Å². The Labute approximate surface area is 159 Å². The number of ether oxygens (including phenoxy) is 1. The normalized spacial score (nSPS) is 11.2. The van der Waals surface area contributed by atoms with Gasteiger partial charge in [-0.25, -0.2) is 4.39 Å². The van der Waals surface area contributed by atoms with Gasteiger partial charge in [0.1, 0.15) is 29.7 Å². The van der Waals surface area contributed by atoms with Crippen molar-refractivity contribution in [1.29, 1.82) is 0 Å². The van der Waals surface area contributed by atoms with Crippen molar-refractivity contribution in [2.75, 3.05) is 0 Å². The highest BCUT2D eigenvalue weighted by molar-refractivity contribution is 7.14. The lowest BCUT2D eigenvalue weighted by molar-refractivity contribution is 0.105. The van der Waals surface area contributed by atoms with Crippen molar-refractivity contribution in [2.45, 2.75) is 20.0 Å². The molecule has 134 valence electrons. The summed E-state index contributed by atoms with van der Waals surface area (Å²) in [6, 6.07) is 11.2. The summed E-state index contributed by atoms with van der Waals surface area (Å²) in [4.78, 5) is 14.0. The highest BCUT2D eigenvalue weighted by Crippen LogP contribution is 2.26. The van der Waals surface area contributed by atoms with E-state index in [0.717, 1.165) is 6.42 Å². The standard InChI is InChI=1S/C20H16ClFO3S/c1-2-16-7-10-20(26-16)18(23)8-6-14-4-5-15(25-14)12-24-19-9-3-13(22)11-17(19)21/h3-11H,2,12H2,1H3/b8-6+. The quantitative estimate of drug-likeness (QED) is 0.357. The molecule has 0 aliphatic heterocycles. The van der Waals surface area contributed by atoms with E-state index in [-0.39, 0.29) is 17.4 Å². The van der Waals surface area contributed by atoms with Crippen LogP contribution in [0.15, 0.2) is 53.0 Å². The predicted molar refractivity (Wildman–Crippen MR) is 102 cm³/mol. The van der Waals surface area contributed by atoms with Crippen LogP contribution in [0.25, 0.3) is 6.08 Å². The summed E-state index contributed by atoms with van der Waals surface area (Å²) in [5, 5.41) is 0.199. The van der Waals surface area contributed by atoms with Crippen LogP contribution in [-0.2, 0) is 13.0 Å². The maximum absolute atomic E-state index is 13.0. The maximum atomic E-state index is 13.0. The molecule has 0 fully saturated rings. The Morgan fingerprint density at radius 1 is 1.27 bits per heavy atom.